The number of ether oxygens (including phenoxy) is 1. The van der Waals surface area contributed by atoms with Gasteiger partial charge in [0.1, 0.15) is 11.4 Å². The molecule has 0 N–H and O–H groups in total. The third-order valence-electron chi connectivity index (χ3n) is 6.01. The summed E-state index contributed by atoms with van der Waals surface area (Å²) < 4.78 is 7.59. The van der Waals surface area contributed by atoms with Gasteiger partial charge in [-0.3, -0.25) is 4.79 Å². The molecule has 35 heavy (non-hydrogen) atoms. The third-order valence-corrected chi connectivity index (χ3v) is 6.26. The molecular formula is C27H26Cl2N4O2. The van der Waals surface area contributed by atoms with Crippen LogP contribution in [0.5, 0.6) is 11.5 Å². The molecule has 0 bridgehead atoms. The summed E-state index contributed by atoms with van der Waals surface area (Å²) in [5.74, 6) is 0.864. The molecule has 0 saturated carbocycles. The molecule has 180 valence electrons. The lowest BCUT2D eigenvalue weighted by Gasteiger charge is -2.34. The van der Waals surface area contributed by atoms with Gasteiger partial charge in [0.15, 0.2) is 0 Å². The summed E-state index contributed by atoms with van der Waals surface area (Å²) in [5.41, 5.74) is 3.23. The van der Waals surface area contributed by atoms with E-state index >= 15 is 0 Å². The highest BCUT2D eigenvalue weighted by Crippen LogP contribution is 2.31. The monoisotopic (exact) mass is 508 g/mol. The van der Waals surface area contributed by atoms with E-state index in [0.717, 1.165) is 37.3 Å². The van der Waals surface area contributed by atoms with E-state index in [1.165, 1.54) is 4.68 Å². The number of likely N-dealkylation sites (N-methyl/N-ethyl adjacent to an activating group) is 1. The molecule has 5 rings (SSSR count). The summed E-state index contributed by atoms with van der Waals surface area (Å²) in [6.07, 6.45) is 1.72. The minimum absolute atomic E-state index is 0. The van der Waals surface area contributed by atoms with E-state index in [1.807, 2.05) is 42.5 Å². The number of anilines is 1. The zero-order valence-electron chi connectivity index (χ0n) is 19.3. The Morgan fingerprint density at radius 2 is 1.46 bits per heavy atom. The quantitative estimate of drug-likeness (QED) is 0.355. The molecule has 1 aromatic heterocycles. The van der Waals surface area contributed by atoms with Crippen molar-refractivity contribution in [3.63, 3.8) is 0 Å². The topological polar surface area (TPSA) is 50.6 Å². The number of hydrogen-bond donors (Lipinski definition) is 0. The van der Waals surface area contributed by atoms with E-state index in [9.17, 15) is 4.79 Å². The number of nitrogens with zero attached hydrogens (tertiary/aromatic N) is 4. The second kappa shape index (κ2) is 11.0. The van der Waals surface area contributed by atoms with Gasteiger partial charge in [0.2, 0.25) is 5.75 Å². The van der Waals surface area contributed by atoms with Crippen molar-refractivity contribution in [3.05, 3.63) is 100 Å². The van der Waals surface area contributed by atoms with Crippen LogP contribution in [0.25, 0.3) is 16.8 Å². The fourth-order valence-corrected chi connectivity index (χ4v) is 4.15. The first kappa shape index (κ1) is 24.8. The Bertz CT molecular complexity index is 1320. The van der Waals surface area contributed by atoms with Gasteiger partial charge < -0.3 is 14.5 Å². The zero-order valence-corrected chi connectivity index (χ0v) is 20.9. The van der Waals surface area contributed by atoms with Crippen LogP contribution in [0.3, 0.4) is 0 Å². The van der Waals surface area contributed by atoms with Crippen molar-refractivity contribution >= 4 is 29.7 Å². The lowest BCUT2D eigenvalue weighted by molar-refractivity contribution is 0.311. The van der Waals surface area contributed by atoms with E-state index in [1.54, 1.807) is 30.5 Å². The van der Waals surface area contributed by atoms with Crippen LogP contribution in [-0.4, -0.2) is 47.9 Å². The maximum atomic E-state index is 13.6. The number of hydrogen-bond acceptors (Lipinski definition) is 5. The van der Waals surface area contributed by atoms with Crippen molar-refractivity contribution in [2.45, 2.75) is 0 Å². The van der Waals surface area contributed by atoms with Crippen LogP contribution in [0.1, 0.15) is 0 Å². The van der Waals surface area contributed by atoms with Crippen molar-refractivity contribution in [1.82, 2.24) is 14.7 Å². The second-order valence-electron chi connectivity index (χ2n) is 8.34. The van der Waals surface area contributed by atoms with Crippen LogP contribution in [0.15, 0.2) is 89.9 Å². The van der Waals surface area contributed by atoms with Gasteiger partial charge in [-0.25, -0.2) is 0 Å². The molecule has 3 aromatic carbocycles. The SMILES string of the molecule is CN1CCN(c2cnn(-c3ccc(Cl)cc3)c(=O)c2Oc2ccc(-c3ccccc3)cc2)CC1.Cl. The first-order valence-electron chi connectivity index (χ1n) is 11.2. The average molecular weight is 509 g/mol. The molecular weight excluding hydrogens is 483 g/mol. The predicted molar refractivity (Wildman–Crippen MR) is 144 cm³/mol. The minimum atomic E-state index is -0.314. The lowest BCUT2D eigenvalue weighted by Crippen LogP contribution is -2.45. The van der Waals surface area contributed by atoms with E-state index in [0.29, 0.717) is 22.1 Å². The predicted octanol–water partition coefficient (Wildman–Crippen LogP) is 5.52. The van der Waals surface area contributed by atoms with E-state index < -0.39 is 0 Å². The number of aromatic nitrogens is 2. The van der Waals surface area contributed by atoms with Gasteiger partial charge in [0, 0.05) is 31.2 Å². The van der Waals surface area contributed by atoms with Crippen LogP contribution < -0.4 is 15.2 Å². The highest BCUT2D eigenvalue weighted by Gasteiger charge is 2.23. The summed E-state index contributed by atoms with van der Waals surface area (Å²) in [7, 11) is 2.10. The Kier molecular flexibility index (Phi) is 7.76. The summed E-state index contributed by atoms with van der Waals surface area (Å²) >= 11 is 6.03. The Hall–Kier alpha value is -3.32. The number of rotatable bonds is 5. The molecule has 2 heterocycles. The van der Waals surface area contributed by atoms with Gasteiger partial charge in [-0.05, 0) is 54.6 Å². The fraction of sp³-hybridized carbons (Fsp3) is 0.185. The van der Waals surface area contributed by atoms with Crippen LogP contribution in [-0.2, 0) is 0 Å². The highest BCUT2D eigenvalue weighted by molar-refractivity contribution is 6.30. The van der Waals surface area contributed by atoms with Crippen molar-refractivity contribution in [1.29, 1.82) is 0 Å². The number of benzene rings is 3. The molecule has 0 radical (unpaired) electrons. The molecule has 1 aliphatic rings. The molecule has 4 aromatic rings. The van der Waals surface area contributed by atoms with E-state index in [-0.39, 0.29) is 23.7 Å². The molecule has 1 saturated heterocycles. The smallest absolute Gasteiger partial charge is 0.316 e. The molecule has 1 aliphatic heterocycles. The van der Waals surface area contributed by atoms with Crippen molar-refractivity contribution in [2.24, 2.45) is 0 Å². The fourth-order valence-electron chi connectivity index (χ4n) is 4.03. The van der Waals surface area contributed by atoms with E-state index in [4.69, 9.17) is 16.3 Å². The number of halogens is 2. The van der Waals surface area contributed by atoms with Gasteiger partial charge >= 0.3 is 5.56 Å². The van der Waals surface area contributed by atoms with Crippen LogP contribution in [0.2, 0.25) is 5.02 Å². The van der Waals surface area contributed by atoms with Gasteiger partial charge in [0.25, 0.3) is 0 Å². The van der Waals surface area contributed by atoms with Gasteiger partial charge in [-0.2, -0.15) is 9.78 Å². The van der Waals surface area contributed by atoms with Gasteiger partial charge in [0.05, 0.1) is 11.9 Å². The largest absolute Gasteiger partial charge is 0.449 e. The summed E-state index contributed by atoms with van der Waals surface area (Å²) in [4.78, 5) is 18.0. The van der Waals surface area contributed by atoms with Crippen LogP contribution in [0.4, 0.5) is 5.69 Å². The van der Waals surface area contributed by atoms with Gasteiger partial charge in [-0.1, -0.05) is 54.1 Å². The Morgan fingerprint density at radius 1 is 0.829 bits per heavy atom. The second-order valence-corrected chi connectivity index (χ2v) is 8.77. The molecule has 1 fully saturated rings. The summed E-state index contributed by atoms with van der Waals surface area (Å²) in [5, 5.41) is 5.05. The molecule has 0 amide bonds. The Labute approximate surface area is 215 Å². The van der Waals surface area contributed by atoms with Crippen LogP contribution in [0, 0.1) is 0 Å². The van der Waals surface area contributed by atoms with Gasteiger partial charge in [-0.15, -0.1) is 12.4 Å². The minimum Gasteiger partial charge on any atom is -0.449 e. The first-order valence-corrected chi connectivity index (χ1v) is 11.6. The normalized spacial score (nSPS) is 13.8. The number of piperazine rings is 1. The Morgan fingerprint density at radius 3 is 2.11 bits per heavy atom. The zero-order chi connectivity index (χ0) is 23.5. The summed E-state index contributed by atoms with van der Waals surface area (Å²) in [6, 6.07) is 24.9. The molecule has 8 heteroatoms. The molecule has 0 unspecified atom stereocenters. The van der Waals surface area contributed by atoms with E-state index in [2.05, 4.69) is 34.1 Å². The molecule has 6 nitrogen and oxygen atoms in total. The lowest BCUT2D eigenvalue weighted by atomic mass is 10.1. The molecule has 0 aliphatic carbocycles. The first-order chi connectivity index (χ1) is 16.6. The van der Waals surface area contributed by atoms with Crippen molar-refractivity contribution in [2.75, 3.05) is 38.1 Å². The van der Waals surface area contributed by atoms with Crippen molar-refractivity contribution in [3.8, 4) is 28.3 Å². The molecule has 0 spiro atoms. The maximum Gasteiger partial charge on any atom is 0.316 e. The Balaban J connectivity index is 0.00000289. The average Bonchev–Trinajstić information content (AvgIpc) is 2.87. The van der Waals surface area contributed by atoms with Crippen molar-refractivity contribution < 1.29 is 4.74 Å². The molecule has 0 atom stereocenters. The highest BCUT2D eigenvalue weighted by atomic mass is 35.5. The standard InChI is InChI=1S/C27H25ClN4O2.ClH/c1-30-15-17-31(18-16-30)25-19-29-32(23-11-9-22(28)10-12-23)27(33)26(25)34-24-13-7-21(8-14-24)20-5-3-2-4-6-20;/h2-14,19H,15-18H2,1H3;1H. The van der Waals surface area contributed by atoms with Crippen LogP contribution >= 0.6 is 24.0 Å². The third kappa shape index (κ3) is 5.51. The summed E-state index contributed by atoms with van der Waals surface area (Å²) in [6.45, 7) is 3.41. The maximum absolute atomic E-state index is 13.6.